The number of carboxylic acid groups (broad SMARTS) is 1. The molecule has 1 unspecified atom stereocenters. The Balaban J connectivity index is 2.16. The first-order valence-corrected chi connectivity index (χ1v) is 6.87. The number of rotatable bonds is 5. The maximum atomic E-state index is 13.1. The van der Waals surface area contributed by atoms with Gasteiger partial charge in [-0.2, -0.15) is 0 Å². The highest BCUT2D eigenvalue weighted by Crippen LogP contribution is 2.22. The maximum Gasteiger partial charge on any atom is 0.339 e. The molecule has 0 saturated carbocycles. The fourth-order valence-corrected chi connectivity index (χ4v) is 2.81. The van der Waals surface area contributed by atoms with Gasteiger partial charge in [-0.25, -0.2) is 14.2 Å². The molecular formula is C14H20FN3O2. The number of carbonyl (C=O) groups is 1. The Morgan fingerprint density at radius 1 is 1.65 bits per heavy atom. The zero-order chi connectivity index (χ0) is 14.7. The third-order valence-electron chi connectivity index (χ3n) is 3.82. The van der Waals surface area contributed by atoms with Gasteiger partial charge in [-0.3, -0.25) is 4.90 Å². The van der Waals surface area contributed by atoms with Crippen LogP contribution in [0.5, 0.6) is 0 Å². The number of nitrogens with zero attached hydrogens (tertiary/aromatic N) is 3. The van der Waals surface area contributed by atoms with Gasteiger partial charge in [0, 0.05) is 19.6 Å². The van der Waals surface area contributed by atoms with Crippen molar-refractivity contribution in [3.8, 4) is 0 Å². The van der Waals surface area contributed by atoms with Crippen molar-refractivity contribution in [3.05, 3.63) is 23.6 Å². The quantitative estimate of drug-likeness (QED) is 0.892. The second kappa shape index (κ2) is 6.17. The van der Waals surface area contributed by atoms with Crippen LogP contribution in [-0.4, -0.2) is 53.7 Å². The predicted octanol–water partition coefficient (Wildman–Crippen LogP) is 1.84. The number of likely N-dealkylation sites (N-methyl/N-ethyl adjacent to an activating group) is 2. The molecule has 1 aromatic rings. The number of anilines is 1. The number of aromatic nitrogens is 1. The Labute approximate surface area is 118 Å². The summed E-state index contributed by atoms with van der Waals surface area (Å²) in [6.45, 7) is 4.89. The molecule has 0 bridgehead atoms. The summed E-state index contributed by atoms with van der Waals surface area (Å²) in [7, 11) is 1.80. The third kappa shape index (κ3) is 3.07. The van der Waals surface area contributed by atoms with E-state index in [1.54, 1.807) is 7.05 Å². The lowest BCUT2D eigenvalue weighted by Gasteiger charge is -2.28. The molecule has 1 atom stereocenters. The molecule has 20 heavy (non-hydrogen) atoms. The zero-order valence-electron chi connectivity index (χ0n) is 11.8. The van der Waals surface area contributed by atoms with Gasteiger partial charge in [-0.05, 0) is 32.0 Å². The topological polar surface area (TPSA) is 56.7 Å². The third-order valence-corrected chi connectivity index (χ3v) is 3.82. The summed E-state index contributed by atoms with van der Waals surface area (Å²) in [5.74, 6) is -1.46. The van der Waals surface area contributed by atoms with E-state index in [9.17, 15) is 9.18 Å². The van der Waals surface area contributed by atoms with Gasteiger partial charge in [0.2, 0.25) is 0 Å². The highest BCUT2D eigenvalue weighted by molar-refractivity contribution is 5.93. The smallest absolute Gasteiger partial charge is 0.339 e. The zero-order valence-corrected chi connectivity index (χ0v) is 11.8. The number of likely N-dealkylation sites (tertiary alicyclic amines) is 1. The Morgan fingerprint density at radius 2 is 2.40 bits per heavy atom. The fraction of sp³-hybridized carbons (Fsp3) is 0.571. The molecule has 0 aromatic carbocycles. The van der Waals surface area contributed by atoms with Gasteiger partial charge in [0.05, 0.1) is 6.20 Å². The number of carboxylic acids is 1. The number of hydrogen-bond donors (Lipinski definition) is 1. The number of halogens is 1. The van der Waals surface area contributed by atoms with Crippen molar-refractivity contribution < 1.29 is 14.3 Å². The van der Waals surface area contributed by atoms with Crippen molar-refractivity contribution >= 4 is 11.8 Å². The SMILES string of the molecule is CCN1CCCC1CN(C)c1ncc(F)cc1C(=O)O. The minimum atomic E-state index is -1.15. The molecule has 2 heterocycles. The van der Waals surface area contributed by atoms with Crippen LogP contribution < -0.4 is 4.90 Å². The van der Waals surface area contributed by atoms with E-state index in [1.165, 1.54) is 0 Å². The van der Waals surface area contributed by atoms with Crippen LogP contribution in [0, 0.1) is 5.82 Å². The molecule has 1 saturated heterocycles. The van der Waals surface area contributed by atoms with E-state index >= 15 is 0 Å². The molecule has 6 heteroatoms. The minimum absolute atomic E-state index is 0.0893. The first-order chi connectivity index (χ1) is 9.52. The van der Waals surface area contributed by atoms with Crippen LogP contribution in [0.2, 0.25) is 0 Å². The van der Waals surface area contributed by atoms with Crippen molar-refractivity contribution in [2.24, 2.45) is 0 Å². The van der Waals surface area contributed by atoms with Gasteiger partial charge in [-0.1, -0.05) is 6.92 Å². The molecule has 0 spiro atoms. The fourth-order valence-electron chi connectivity index (χ4n) is 2.81. The van der Waals surface area contributed by atoms with Crippen LogP contribution in [0.25, 0.3) is 0 Å². The Kier molecular flexibility index (Phi) is 4.54. The lowest BCUT2D eigenvalue weighted by molar-refractivity contribution is 0.0696. The highest BCUT2D eigenvalue weighted by atomic mass is 19.1. The van der Waals surface area contributed by atoms with Crippen LogP contribution >= 0.6 is 0 Å². The standard InChI is InChI=1S/C14H20FN3O2/c1-3-18-6-4-5-11(18)9-17(2)13-12(14(19)20)7-10(15)8-16-13/h7-8,11H,3-6,9H2,1-2H3,(H,19,20). The average Bonchev–Trinajstić information content (AvgIpc) is 2.85. The molecular weight excluding hydrogens is 261 g/mol. The molecule has 1 N–H and O–H groups in total. The van der Waals surface area contributed by atoms with Crippen LogP contribution in [0.4, 0.5) is 10.2 Å². The Hall–Kier alpha value is -1.69. The van der Waals surface area contributed by atoms with Crippen LogP contribution in [0.3, 0.4) is 0 Å². The van der Waals surface area contributed by atoms with Crippen molar-refractivity contribution in [3.63, 3.8) is 0 Å². The first-order valence-electron chi connectivity index (χ1n) is 6.87. The van der Waals surface area contributed by atoms with Gasteiger partial charge in [0.15, 0.2) is 0 Å². The summed E-state index contributed by atoms with van der Waals surface area (Å²) in [5.41, 5.74) is -0.0893. The van der Waals surface area contributed by atoms with Gasteiger partial charge < -0.3 is 10.0 Å². The van der Waals surface area contributed by atoms with E-state index in [1.807, 2.05) is 4.90 Å². The minimum Gasteiger partial charge on any atom is -0.478 e. The monoisotopic (exact) mass is 281 g/mol. The lowest BCUT2D eigenvalue weighted by Crippen LogP contribution is -2.39. The van der Waals surface area contributed by atoms with E-state index in [2.05, 4.69) is 16.8 Å². The molecule has 0 radical (unpaired) electrons. The Bertz CT molecular complexity index is 495. The van der Waals surface area contributed by atoms with Crippen molar-refractivity contribution in [2.75, 3.05) is 31.6 Å². The molecule has 1 aliphatic heterocycles. The lowest BCUT2D eigenvalue weighted by atomic mass is 10.2. The summed E-state index contributed by atoms with van der Waals surface area (Å²) in [6.07, 6.45) is 3.32. The second-order valence-corrected chi connectivity index (χ2v) is 5.14. The average molecular weight is 281 g/mol. The number of pyridine rings is 1. The van der Waals surface area contributed by atoms with E-state index in [4.69, 9.17) is 5.11 Å². The Morgan fingerprint density at radius 3 is 3.05 bits per heavy atom. The summed E-state index contributed by atoms with van der Waals surface area (Å²) in [6, 6.07) is 1.42. The molecule has 1 fully saturated rings. The van der Waals surface area contributed by atoms with Crippen LogP contribution in [0.15, 0.2) is 12.3 Å². The molecule has 0 amide bonds. The second-order valence-electron chi connectivity index (χ2n) is 5.14. The van der Waals surface area contributed by atoms with Gasteiger partial charge in [0.1, 0.15) is 17.2 Å². The molecule has 1 aromatic heterocycles. The molecule has 110 valence electrons. The van der Waals surface area contributed by atoms with Crippen molar-refractivity contribution in [1.29, 1.82) is 0 Å². The van der Waals surface area contributed by atoms with Gasteiger partial charge >= 0.3 is 5.97 Å². The highest BCUT2D eigenvalue weighted by Gasteiger charge is 2.26. The summed E-state index contributed by atoms with van der Waals surface area (Å²) >= 11 is 0. The summed E-state index contributed by atoms with van der Waals surface area (Å²) in [5, 5.41) is 9.15. The predicted molar refractivity (Wildman–Crippen MR) is 74.7 cm³/mol. The van der Waals surface area contributed by atoms with Gasteiger partial charge in [-0.15, -0.1) is 0 Å². The normalized spacial score (nSPS) is 19.2. The molecule has 1 aliphatic rings. The molecule has 2 rings (SSSR count). The van der Waals surface area contributed by atoms with E-state index in [0.29, 0.717) is 18.4 Å². The molecule has 0 aliphatic carbocycles. The van der Waals surface area contributed by atoms with E-state index < -0.39 is 11.8 Å². The van der Waals surface area contributed by atoms with Crippen molar-refractivity contribution in [2.45, 2.75) is 25.8 Å². The van der Waals surface area contributed by atoms with Gasteiger partial charge in [0.25, 0.3) is 0 Å². The van der Waals surface area contributed by atoms with Crippen LogP contribution in [0.1, 0.15) is 30.1 Å². The van der Waals surface area contributed by atoms with E-state index in [0.717, 1.165) is 38.2 Å². The summed E-state index contributed by atoms with van der Waals surface area (Å²) in [4.78, 5) is 19.3. The van der Waals surface area contributed by atoms with Crippen LogP contribution in [-0.2, 0) is 0 Å². The van der Waals surface area contributed by atoms with E-state index in [-0.39, 0.29) is 5.56 Å². The largest absolute Gasteiger partial charge is 0.478 e. The maximum absolute atomic E-state index is 13.1. The number of hydrogen-bond acceptors (Lipinski definition) is 4. The summed E-state index contributed by atoms with van der Waals surface area (Å²) < 4.78 is 13.1. The number of aromatic carboxylic acids is 1. The first kappa shape index (κ1) is 14.7. The van der Waals surface area contributed by atoms with Crippen molar-refractivity contribution in [1.82, 2.24) is 9.88 Å². The molecule has 5 nitrogen and oxygen atoms in total.